The van der Waals surface area contributed by atoms with E-state index < -0.39 is 0 Å². The maximum atomic E-state index is 12.0. The van der Waals surface area contributed by atoms with Gasteiger partial charge >= 0.3 is 0 Å². The van der Waals surface area contributed by atoms with Crippen molar-refractivity contribution in [1.29, 1.82) is 0 Å². The first kappa shape index (κ1) is 18.2. The summed E-state index contributed by atoms with van der Waals surface area (Å²) in [5, 5.41) is 2.89. The molecule has 0 aliphatic carbocycles. The summed E-state index contributed by atoms with van der Waals surface area (Å²) in [7, 11) is 1.58. The van der Waals surface area contributed by atoms with Gasteiger partial charge in [-0.2, -0.15) is 0 Å². The van der Waals surface area contributed by atoms with Crippen LogP contribution in [0, 0.1) is 5.92 Å². The molecule has 1 rings (SSSR count). The number of rotatable bonds is 9. The molecule has 1 aromatic rings. The Morgan fingerprint density at radius 3 is 2.32 bits per heavy atom. The summed E-state index contributed by atoms with van der Waals surface area (Å²) >= 11 is 0. The van der Waals surface area contributed by atoms with Gasteiger partial charge in [-0.3, -0.25) is 9.59 Å². The van der Waals surface area contributed by atoms with E-state index in [1.165, 1.54) is 0 Å². The standard InChI is InChI=1S/C17H26N2O3/c1-12(2)10-14(11-18)19-17(21)9-8-16(20)13-4-6-15(22-3)7-5-13/h4-7,12,14H,8-11,18H2,1-3H3,(H,19,21). The fourth-order valence-corrected chi connectivity index (χ4v) is 2.23. The van der Waals surface area contributed by atoms with E-state index in [2.05, 4.69) is 19.2 Å². The van der Waals surface area contributed by atoms with Crippen molar-refractivity contribution in [3.05, 3.63) is 29.8 Å². The maximum Gasteiger partial charge on any atom is 0.220 e. The number of carbonyl (C=O) groups excluding carboxylic acids is 2. The fraction of sp³-hybridized carbons (Fsp3) is 0.529. The van der Waals surface area contributed by atoms with Crippen molar-refractivity contribution in [1.82, 2.24) is 5.32 Å². The summed E-state index contributed by atoms with van der Waals surface area (Å²) < 4.78 is 5.05. The highest BCUT2D eigenvalue weighted by Crippen LogP contribution is 2.13. The van der Waals surface area contributed by atoms with Gasteiger partial charge in [0.15, 0.2) is 5.78 Å². The van der Waals surface area contributed by atoms with Crippen LogP contribution in [-0.4, -0.2) is 31.4 Å². The van der Waals surface area contributed by atoms with Crippen molar-refractivity contribution in [2.45, 2.75) is 39.2 Å². The van der Waals surface area contributed by atoms with Crippen LogP contribution in [0.4, 0.5) is 0 Å². The number of Topliss-reactive ketones (excluding diaryl/α,β-unsaturated/α-hetero) is 1. The van der Waals surface area contributed by atoms with Crippen LogP contribution in [0.15, 0.2) is 24.3 Å². The molecule has 0 aromatic heterocycles. The number of methoxy groups -OCH3 is 1. The lowest BCUT2D eigenvalue weighted by Gasteiger charge is -2.18. The molecule has 22 heavy (non-hydrogen) atoms. The second kappa shape index (κ2) is 9.20. The molecule has 0 aliphatic heterocycles. The van der Waals surface area contributed by atoms with Crippen LogP contribution in [0.1, 0.15) is 43.5 Å². The lowest BCUT2D eigenvalue weighted by Crippen LogP contribution is -2.41. The number of benzene rings is 1. The van der Waals surface area contributed by atoms with Gasteiger partial charge in [0.05, 0.1) is 7.11 Å². The minimum atomic E-state index is -0.127. The number of nitrogens with two attached hydrogens (primary N) is 1. The van der Waals surface area contributed by atoms with E-state index in [-0.39, 0.29) is 30.6 Å². The number of nitrogens with one attached hydrogen (secondary N) is 1. The number of carbonyl (C=O) groups is 2. The van der Waals surface area contributed by atoms with Crippen molar-refractivity contribution >= 4 is 11.7 Å². The Balaban J connectivity index is 2.43. The number of ether oxygens (including phenoxy) is 1. The van der Waals surface area contributed by atoms with E-state index in [4.69, 9.17) is 10.5 Å². The van der Waals surface area contributed by atoms with Crippen LogP contribution in [0.2, 0.25) is 0 Å². The molecule has 0 heterocycles. The van der Waals surface area contributed by atoms with E-state index in [1.54, 1.807) is 31.4 Å². The predicted octanol–water partition coefficient (Wildman–Crippen LogP) is 2.15. The average Bonchev–Trinajstić information content (AvgIpc) is 2.51. The molecule has 122 valence electrons. The molecule has 0 saturated carbocycles. The summed E-state index contributed by atoms with van der Waals surface area (Å²) in [6, 6.07) is 6.87. The minimum Gasteiger partial charge on any atom is -0.497 e. The van der Waals surface area contributed by atoms with Crippen LogP contribution < -0.4 is 15.8 Å². The van der Waals surface area contributed by atoms with E-state index in [9.17, 15) is 9.59 Å². The first-order valence-electron chi connectivity index (χ1n) is 7.63. The smallest absolute Gasteiger partial charge is 0.220 e. The third-order valence-corrected chi connectivity index (χ3v) is 3.40. The van der Waals surface area contributed by atoms with Crippen molar-refractivity contribution in [3.63, 3.8) is 0 Å². The Labute approximate surface area is 132 Å². The summed E-state index contributed by atoms with van der Waals surface area (Å²) in [6.07, 6.45) is 1.21. The molecule has 5 heteroatoms. The Bertz CT molecular complexity index is 483. The fourth-order valence-electron chi connectivity index (χ4n) is 2.23. The zero-order valence-electron chi connectivity index (χ0n) is 13.6. The molecule has 5 nitrogen and oxygen atoms in total. The molecule has 0 aliphatic rings. The molecule has 0 spiro atoms. The lowest BCUT2D eigenvalue weighted by atomic mass is 10.0. The molecular formula is C17H26N2O3. The van der Waals surface area contributed by atoms with Crippen LogP contribution in [0.25, 0.3) is 0 Å². The summed E-state index contributed by atoms with van der Waals surface area (Å²) in [5.74, 6) is 0.993. The number of amides is 1. The Hall–Kier alpha value is -1.88. The molecule has 0 fully saturated rings. The molecule has 1 aromatic carbocycles. The van der Waals surface area contributed by atoms with Crippen LogP contribution in [0.3, 0.4) is 0 Å². The maximum absolute atomic E-state index is 12.0. The van der Waals surface area contributed by atoms with Gasteiger partial charge in [0.25, 0.3) is 0 Å². The molecule has 0 bridgehead atoms. The highest BCUT2D eigenvalue weighted by atomic mass is 16.5. The number of hydrogen-bond donors (Lipinski definition) is 2. The minimum absolute atomic E-state index is 0.0245. The molecule has 1 atom stereocenters. The molecular weight excluding hydrogens is 280 g/mol. The topological polar surface area (TPSA) is 81.4 Å². The second-order valence-electron chi connectivity index (χ2n) is 5.78. The Morgan fingerprint density at radius 1 is 1.18 bits per heavy atom. The van der Waals surface area contributed by atoms with Gasteiger partial charge in [-0.15, -0.1) is 0 Å². The van der Waals surface area contributed by atoms with Gasteiger partial charge in [-0.05, 0) is 36.6 Å². The first-order valence-corrected chi connectivity index (χ1v) is 7.63. The highest BCUT2D eigenvalue weighted by Gasteiger charge is 2.14. The zero-order chi connectivity index (χ0) is 16.5. The van der Waals surface area contributed by atoms with Gasteiger partial charge < -0.3 is 15.8 Å². The van der Waals surface area contributed by atoms with Crippen LogP contribution in [0.5, 0.6) is 5.75 Å². The van der Waals surface area contributed by atoms with Gasteiger partial charge in [0, 0.05) is 31.0 Å². The normalized spacial score (nSPS) is 12.0. The first-order chi connectivity index (χ1) is 10.5. The number of ketones is 1. The summed E-state index contributed by atoms with van der Waals surface area (Å²) in [5.41, 5.74) is 6.24. The monoisotopic (exact) mass is 306 g/mol. The lowest BCUT2D eigenvalue weighted by molar-refractivity contribution is -0.121. The molecule has 3 N–H and O–H groups in total. The summed E-state index contributed by atoms with van der Waals surface area (Å²) in [6.45, 7) is 4.58. The van der Waals surface area contributed by atoms with Gasteiger partial charge in [-0.25, -0.2) is 0 Å². The summed E-state index contributed by atoms with van der Waals surface area (Å²) in [4.78, 5) is 23.9. The molecule has 0 radical (unpaired) electrons. The van der Waals surface area contributed by atoms with Gasteiger partial charge in [-0.1, -0.05) is 13.8 Å². The molecule has 1 amide bonds. The van der Waals surface area contributed by atoms with Crippen molar-refractivity contribution in [2.24, 2.45) is 11.7 Å². The quantitative estimate of drug-likeness (QED) is 0.685. The average molecular weight is 306 g/mol. The van der Waals surface area contributed by atoms with Crippen molar-refractivity contribution in [2.75, 3.05) is 13.7 Å². The highest BCUT2D eigenvalue weighted by molar-refractivity contribution is 5.98. The van der Waals surface area contributed by atoms with Gasteiger partial charge in [0.1, 0.15) is 5.75 Å². The zero-order valence-corrected chi connectivity index (χ0v) is 13.6. The van der Waals surface area contributed by atoms with Crippen molar-refractivity contribution < 1.29 is 14.3 Å². The Kier molecular flexibility index (Phi) is 7.60. The molecule has 1 unspecified atom stereocenters. The number of hydrogen-bond acceptors (Lipinski definition) is 4. The predicted molar refractivity (Wildman–Crippen MR) is 87.0 cm³/mol. The van der Waals surface area contributed by atoms with E-state index in [0.29, 0.717) is 23.8 Å². The largest absolute Gasteiger partial charge is 0.497 e. The second-order valence-corrected chi connectivity index (χ2v) is 5.78. The van der Waals surface area contributed by atoms with Crippen LogP contribution in [-0.2, 0) is 4.79 Å². The third-order valence-electron chi connectivity index (χ3n) is 3.40. The van der Waals surface area contributed by atoms with E-state index >= 15 is 0 Å². The van der Waals surface area contributed by atoms with E-state index in [0.717, 1.165) is 6.42 Å². The third kappa shape index (κ3) is 6.26. The van der Waals surface area contributed by atoms with Crippen LogP contribution >= 0.6 is 0 Å². The Morgan fingerprint density at radius 2 is 1.82 bits per heavy atom. The molecule has 0 saturated heterocycles. The van der Waals surface area contributed by atoms with Gasteiger partial charge in [0.2, 0.25) is 5.91 Å². The van der Waals surface area contributed by atoms with Crippen molar-refractivity contribution in [3.8, 4) is 5.75 Å². The van der Waals surface area contributed by atoms with E-state index in [1.807, 2.05) is 0 Å². The SMILES string of the molecule is COc1ccc(C(=O)CCC(=O)NC(CN)CC(C)C)cc1.